The van der Waals surface area contributed by atoms with Crippen molar-refractivity contribution in [3.8, 4) is 0 Å². The standard InChI is InChI=1S/C7H7ClN4/c1-9-6-5-4(2-3-10-5)11-7(8)12-6/h2-3,10H,1H3,(H,9,11,12). The molecular weight excluding hydrogens is 176 g/mol. The first-order valence-electron chi connectivity index (χ1n) is 3.49. The molecule has 0 amide bonds. The smallest absolute Gasteiger partial charge is 0.225 e. The summed E-state index contributed by atoms with van der Waals surface area (Å²) in [7, 11) is 1.79. The number of H-pyrrole nitrogens is 1. The highest BCUT2D eigenvalue weighted by Gasteiger charge is 2.04. The minimum atomic E-state index is 0.256. The van der Waals surface area contributed by atoms with Crippen LogP contribution in [0.25, 0.3) is 11.0 Å². The molecule has 0 saturated carbocycles. The van der Waals surface area contributed by atoms with Crippen molar-refractivity contribution in [1.82, 2.24) is 15.0 Å². The minimum absolute atomic E-state index is 0.256. The first-order valence-corrected chi connectivity index (χ1v) is 3.87. The van der Waals surface area contributed by atoms with Crippen molar-refractivity contribution >= 4 is 28.5 Å². The average molecular weight is 183 g/mol. The van der Waals surface area contributed by atoms with Gasteiger partial charge in [-0.15, -0.1) is 0 Å². The fourth-order valence-electron chi connectivity index (χ4n) is 1.10. The average Bonchev–Trinajstić information content (AvgIpc) is 2.50. The molecule has 0 radical (unpaired) electrons. The number of anilines is 1. The number of hydrogen-bond donors (Lipinski definition) is 2. The van der Waals surface area contributed by atoms with E-state index in [2.05, 4.69) is 20.3 Å². The van der Waals surface area contributed by atoms with E-state index in [1.54, 1.807) is 13.2 Å². The van der Waals surface area contributed by atoms with Crippen LogP contribution in [0.1, 0.15) is 0 Å². The zero-order valence-electron chi connectivity index (χ0n) is 6.43. The Labute approximate surface area is 74.0 Å². The van der Waals surface area contributed by atoms with E-state index in [0.29, 0.717) is 0 Å². The second-order valence-corrected chi connectivity index (χ2v) is 2.67. The second kappa shape index (κ2) is 2.64. The SMILES string of the molecule is CNc1nc(Cl)nc2cc[nH]c12. The number of aromatic nitrogens is 3. The molecule has 2 aromatic heterocycles. The third-order valence-electron chi connectivity index (χ3n) is 1.62. The van der Waals surface area contributed by atoms with Crippen LogP contribution in [-0.4, -0.2) is 22.0 Å². The first kappa shape index (κ1) is 7.36. The van der Waals surface area contributed by atoms with E-state index < -0.39 is 0 Å². The van der Waals surface area contributed by atoms with Crippen LogP contribution in [0.15, 0.2) is 12.3 Å². The van der Waals surface area contributed by atoms with E-state index in [9.17, 15) is 0 Å². The van der Waals surface area contributed by atoms with Gasteiger partial charge in [0.1, 0.15) is 5.52 Å². The van der Waals surface area contributed by atoms with Gasteiger partial charge in [0.25, 0.3) is 0 Å². The Morgan fingerprint density at radius 1 is 1.50 bits per heavy atom. The minimum Gasteiger partial charge on any atom is -0.371 e. The van der Waals surface area contributed by atoms with Gasteiger partial charge in [0, 0.05) is 13.2 Å². The Hall–Kier alpha value is -1.29. The van der Waals surface area contributed by atoms with Gasteiger partial charge in [0.2, 0.25) is 5.28 Å². The number of aromatic amines is 1. The van der Waals surface area contributed by atoms with Crippen LogP contribution in [-0.2, 0) is 0 Å². The molecule has 4 nitrogen and oxygen atoms in total. The predicted octanol–water partition coefficient (Wildman–Crippen LogP) is 1.65. The van der Waals surface area contributed by atoms with Gasteiger partial charge in [-0.3, -0.25) is 0 Å². The van der Waals surface area contributed by atoms with E-state index >= 15 is 0 Å². The Morgan fingerprint density at radius 3 is 3.08 bits per heavy atom. The highest BCUT2D eigenvalue weighted by atomic mass is 35.5. The molecule has 0 unspecified atom stereocenters. The number of nitrogens with zero attached hydrogens (tertiary/aromatic N) is 2. The van der Waals surface area contributed by atoms with Crippen molar-refractivity contribution in [3.05, 3.63) is 17.5 Å². The molecule has 0 aliphatic rings. The lowest BCUT2D eigenvalue weighted by atomic mass is 10.4. The van der Waals surface area contributed by atoms with Crippen molar-refractivity contribution in [3.63, 3.8) is 0 Å². The van der Waals surface area contributed by atoms with E-state index in [0.717, 1.165) is 16.9 Å². The van der Waals surface area contributed by atoms with Gasteiger partial charge in [0.15, 0.2) is 5.82 Å². The number of nitrogens with one attached hydrogen (secondary N) is 2. The maximum atomic E-state index is 5.68. The highest BCUT2D eigenvalue weighted by Crippen LogP contribution is 2.19. The monoisotopic (exact) mass is 182 g/mol. The quantitative estimate of drug-likeness (QED) is 0.660. The molecule has 0 atom stereocenters. The van der Waals surface area contributed by atoms with E-state index in [1.807, 2.05) is 6.07 Å². The van der Waals surface area contributed by atoms with Gasteiger partial charge in [-0.2, -0.15) is 4.98 Å². The van der Waals surface area contributed by atoms with Crippen LogP contribution in [0.5, 0.6) is 0 Å². The van der Waals surface area contributed by atoms with E-state index in [4.69, 9.17) is 11.6 Å². The molecule has 0 saturated heterocycles. The highest BCUT2D eigenvalue weighted by molar-refractivity contribution is 6.28. The van der Waals surface area contributed by atoms with Crippen LogP contribution in [0.4, 0.5) is 5.82 Å². The third-order valence-corrected chi connectivity index (χ3v) is 1.78. The van der Waals surface area contributed by atoms with Crippen molar-refractivity contribution < 1.29 is 0 Å². The fourth-order valence-corrected chi connectivity index (χ4v) is 1.27. The molecule has 12 heavy (non-hydrogen) atoms. The summed E-state index contributed by atoms with van der Waals surface area (Å²) in [5.74, 6) is 0.718. The molecule has 0 fully saturated rings. The van der Waals surface area contributed by atoms with Crippen molar-refractivity contribution in [2.75, 3.05) is 12.4 Å². The van der Waals surface area contributed by atoms with Crippen LogP contribution < -0.4 is 5.32 Å². The van der Waals surface area contributed by atoms with Crippen LogP contribution in [0.2, 0.25) is 5.28 Å². The second-order valence-electron chi connectivity index (χ2n) is 2.33. The summed E-state index contributed by atoms with van der Waals surface area (Å²) >= 11 is 5.68. The molecule has 2 rings (SSSR count). The molecule has 0 spiro atoms. The fraction of sp³-hybridized carbons (Fsp3) is 0.143. The van der Waals surface area contributed by atoms with Gasteiger partial charge >= 0.3 is 0 Å². The summed E-state index contributed by atoms with van der Waals surface area (Å²) in [6.07, 6.45) is 1.80. The number of fused-ring (bicyclic) bond motifs is 1. The van der Waals surface area contributed by atoms with Crippen LogP contribution in [0, 0.1) is 0 Å². The predicted molar refractivity (Wildman–Crippen MR) is 48.4 cm³/mol. The van der Waals surface area contributed by atoms with Crippen LogP contribution in [0.3, 0.4) is 0 Å². The number of hydrogen-bond acceptors (Lipinski definition) is 3. The van der Waals surface area contributed by atoms with E-state index in [-0.39, 0.29) is 5.28 Å². The molecule has 2 aromatic rings. The maximum absolute atomic E-state index is 5.68. The summed E-state index contributed by atoms with van der Waals surface area (Å²) in [6, 6.07) is 1.85. The lowest BCUT2D eigenvalue weighted by molar-refractivity contribution is 1.20. The zero-order chi connectivity index (χ0) is 8.55. The molecule has 2 heterocycles. The van der Waals surface area contributed by atoms with Crippen molar-refractivity contribution in [2.24, 2.45) is 0 Å². The topological polar surface area (TPSA) is 53.6 Å². The molecule has 2 N–H and O–H groups in total. The maximum Gasteiger partial charge on any atom is 0.225 e. The summed E-state index contributed by atoms with van der Waals surface area (Å²) in [5, 5.41) is 3.19. The molecule has 0 aliphatic heterocycles. The lowest BCUT2D eigenvalue weighted by Gasteiger charge is -1.99. The van der Waals surface area contributed by atoms with Gasteiger partial charge in [-0.05, 0) is 17.7 Å². The van der Waals surface area contributed by atoms with E-state index in [1.165, 1.54) is 0 Å². The summed E-state index contributed by atoms with van der Waals surface area (Å²) in [4.78, 5) is 11.1. The summed E-state index contributed by atoms with van der Waals surface area (Å²) < 4.78 is 0. The van der Waals surface area contributed by atoms with Gasteiger partial charge in [-0.25, -0.2) is 4.98 Å². The molecule has 0 aromatic carbocycles. The Bertz CT molecular complexity index is 409. The van der Waals surface area contributed by atoms with Crippen molar-refractivity contribution in [1.29, 1.82) is 0 Å². The van der Waals surface area contributed by atoms with Gasteiger partial charge in [-0.1, -0.05) is 0 Å². The number of halogens is 1. The molecule has 5 heteroatoms. The zero-order valence-corrected chi connectivity index (χ0v) is 7.18. The Morgan fingerprint density at radius 2 is 2.33 bits per heavy atom. The lowest BCUT2D eigenvalue weighted by Crippen LogP contribution is -1.95. The molecule has 62 valence electrons. The van der Waals surface area contributed by atoms with Crippen LogP contribution >= 0.6 is 11.6 Å². The summed E-state index contributed by atoms with van der Waals surface area (Å²) in [5.41, 5.74) is 1.70. The molecule has 0 bridgehead atoms. The van der Waals surface area contributed by atoms with Crippen molar-refractivity contribution in [2.45, 2.75) is 0 Å². The largest absolute Gasteiger partial charge is 0.371 e. The first-order chi connectivity index (χ1) is 5.81. The normalized spacial score (nSPS) is 10.5. The number of rotatable bonds is 1. The Balaban J connectivity index is 2.80. The molecule has 0 aliphatic carbocycles. The third kappa shape index (κ3) is 1.00. The molecular formula is C7H7ClN4. The summed E-state index contributed by atoms with van der Waals surface area (Å²) in [6.45, 7) is 0. The van der Waals surface area contributed by atoms with Gasteiger partial charge in [0.05, 0.1) is 5.52 Å². The van der Waals surface area contributed by atoms with Gasteiger partial charge < -0.3 is 10.3 Å². The Kier molecular flexibility index (Phi) is 1.62.